The first-order valence-electron chi connectivity index (χ1n) is 4.63. The Kier molecular flexibility index (Phi) is 8.07. The van der Waals surface area contributed by atoms with E-state index in [2.05, 4.69) is 13.8 Å². The van der Waals surface area contributed by atoms with Gasteiger partial charge in [-0.2, -0.15) is 0 Å². The molecule has 1 radical (unpaired) electrons. The molecule has 0 aromatic carbocycles. The van der Waals surface area contributed by atoms with Crippen molar-refractivity contribution in [2.75, 3.05) is 6.61 Å². The fourth-order valence-corrected chi connectivity index (χ4v) is 1.01. The van der Waals surface area contributed by atoms with Gasteiger partial charge in [0.05, 0.1) is 0 Å². The molecule has 2 nitrogen and oxygen atoms in total. The van der Waals surface area contributed by atoms with Gasteiger partial charge in [-0.1, -0.05) is 32.9 Å². The highest BCUT2D eigenvalue weighted by atomic mass is 32.1. The fraction of sp³-hybridized carbons (Fsp3) is 1.00. The van der Waals surface area contributed by atoms with Crippen LogP contribution in [0.25, 0.3) is 0 Å². The zero-order valence-electron chi connectivity index (χ0n) is 8.21. The molecule has 0 aliphatic rings. The maximum Gasteiger partial charge on any atom is 0.159 e. The first-order valence-corrected chi connectivity index (χ1v) is 5.10. The van der Waals surface area contributed by atoms with E-state index < -0.39 is 0 Å². The van der Waals surface area contributed by atoms with E-state index in [9.17, 15) is 0 Å². The third-order valence-corrected chi connectivity index (χ3v) is 1.49. The zero-order valence-corrected chi connectivity index (χ0v) is 9.02. The van der Waals surface area contributed by atoms with Crippen LogP contribution in [0, 0.1) is 0 Å². The summed E-state index contributed by atoms with van der Waals surface area (Å²) in [5.41, 5.74) is -0.154. The normalized spacial score (nSPS) is 16.0. The van der Waals surface area contributed by atoms with Gasteiger partial charge in [0.25, 0.3) is 0 Å². The van der Waals surface area contributed by atoms with Gasteiger partial charge in [-0.3, -0.25) is 0 Å². The van der Waals surface area contributed by atoms with Crippen LogP contribution < -0.4 is 0 Å². The molecule has 0 rings (SSSR count). The quantitative estimate of drug-likeness (QED) is 0.576. The van der Waals surface area contributed by atoms with Crippen LogP contribution in [0.4, 0.5) is 0 Å². The van der Waals surface area contributed by atoms with Crippen molar-refractivity contribution in [1.29, 1.82) is 0 Å². The Labute approximate surface area is 81.0 Å². The number of ether oxygens (including phenoxy) is 2. The SMILES string of the molecule is CCCOC(CCC)OC(C)[S]. The van der Waals surface area contributed by atoms with Gasteiger partial charge in [0.1, 0.15) is 5.44 Å². The van der Waals surface area contributed by atoms with Gasteiger partial charge in [0, 0.05) is 6.61 Å². The van der Waals surface area contributed by atoms with Crippen molar-refractivity contribution in [3.63, 3.8) is 0 Å². The average molecular weight is 191 g/mol. The molecule has 0 aromatic rings. The Morgan fingerprint density at radius 1 is 1.25 bits per heavy atom. The van der Waals surface area contributed by atoms with Crippen molar-refractivity contribution in [2.45, 2.75) is 51.8 Å². The topological polar surface area (TPSA) is 18.5 Å². The van der Waals surface area contributed by atoms with Gasteiger partial charge in [-0.15, -0.1) is 0 Å². The third kappa shape index (κ3) is 6.95. The molecule has 12 heavy (non-hydrogen) atoms. The van der Waals surface area contributed by atoms with E-state index in [0.29, 0.717) is 0 Å². The van der Waals surface area contributed by atoms with Gasteiger partial charge in [0.15, 0.2) is 6.29 Å². The molecular formula is C9H19O2S. The molecule has 2 unspecified atom stereocenters. The van der Waals surface area contributed by atoms with E-state index in [-0.39, 0.29) is 11.7 Å². The summed E-state index contributed by atoms with van der Waals surface area (Å²) in [6.45, 7) is 6.81. The summed E-state index contributed by atoms with van der Waals surface area (Å²) in [5, 5.41) is 0. The predicted molar refractivity (Wildman–Crippen MR) is 53.1 cm³/mol. The van der Waals surface area contributed by atoms with Crippen molar-refractivity contribution in [3.05, 3.63) is 0 Å². The molecule has 0 aliphatic heterocycles. The van der Waals surface area contributed by atoms with Gasteiger partial charge < -0.3 is 9.47 Å². The summed E-state index contributed by atoms with van der Waals surface area (Å²) in [4.78, 5) is 0. The second-order valence-electron chi connectivity index (χ2n) is 2.79. The zero-order chi connectivity index (χ0) is 9.40. The highest BCUT2D eigenvalue weighted by Gasteiger charge is 2.09. The van der Waals surface area contributed by atoms with Crippen LogP contribution in [0.3, 0.4) is 0 Å². The van der Waals surface area contributed by atoms with Crippen LogP contribution in [0.15, 0.2) is 0 Å². The molecule has 0 aliphatic carbocycles. The highest BCUT2D eigenvalue weighted by Crippen LogP contribution is 2.09. The molecule has 0 aromatic heterocycles. The van der Waals surface area contributed by atoms with Crippen LogP contribution in [0.2, 0.25) is 0 Å². The molecule has 0 saturated carbocycles. The standard InChI is InChI=1S/C9H19O2S/c1-4-6-9(10-7-5-2)11-8(3)12/h8-9H,4-7H2,1-3H3. The summed E-state index contributed by atoms with van der Waals surface area (Å²) < 4.78 is 10.8. The highest BCUT2D eigenvalue weighted by molar-refractivity contribution is 7.80. The van der Waals surface area contributed by atoms with E-state index in [1.807, 2.05) is 6.92 Å². The summed E-state index contributed by atoms with van der Waals surface area (Å²) in [5.74, 6) is 0. The number of rotatable bonds is 7. The molecule has 0 amide bonds. The van der Waals surface area contributed by atoms with Gasteiger partial charge in [-0.25, -0.2) is 0 Å². The van der Waals surface area contributed by atoms with E-state index in [0.717, 1.165) is 25.9 Å². The summed E-state index contributed by atoms with van der Waals surface area (Å²) in [6.07, 6.45) is 2.93. The van der Waals surface area contributed by atoms with Crippen LogP contribution in [-0.4, -0.2) is 18.3 Å². The Morgan fingerprint density at radius 2 is 1.92 bits per heavy atom. The largest absolute Gasteiger partial charge is 0.353 e. The minimum Gasteiger partial charge on any atom is -0.353 e. The van der Waals surface area contributed by atoms with Crippen molar-refractivity contribution >= 4 is 12.6 Å². The second-order valence-corrected chi connectivity index (χ2v) is 3.46. The third-order valence-electron chi connectivity index (χ3n) is 1.38. The molecule has 73 valence electrons. The maximum atomic E-state index is 5.45. The fourth-order valence-electron chi connectivity index (χ4n) is 0.889. The lowest BCUT2D eigenvalue weighted by Gasteiger charge is -2.18. The Hall–Kier alpha value is 0.270. The van der Waals surface area contributed by atoms with E-state index in [1.165, 1.54) is 0 Å². The predicted octanol–water partition coefficient (Wildman–Crippen LogP) is 3.10. The molecule has 3 heteroatoms. The van der Waals surface area contributed by atoms with Gasteiger partial charge in [0.2, 0.25) is 0 Å². The second kappa shape index (κ2) is 7.90. The molecular weight excluding hydrogens is 172 g/mol. The first kappa shape index (κ1) is 12.3. The van der Waals surface area contributed by atoms with Crippen LogP contribution in [0.1, 0.15) is 40.0 Å². The van der Waals surface area contributed by atoms with E-state index >= 15 is 0 Å². The lowest BCUT2D eigenvalue weighted by molar-refractivity contribution is -0.150. The Morgan fingerprint density at radius 3 is 2.33 bits per heavy atom. The summed E-state index contributed by atoms with van der Waals surface area (Å²) >= 11 is 4.92. The summed E-state index contributed by atoms with van der Waals surface area (Å²) in [6, 6.07) is 0. The first-order chi connectivity index (χ1) is 5.70. The molecule has 2 atom stereocenters. The Bertz CT molecular complexity index is 96.5. The van der Waals surface area contributed by atoms with Crippen LogP contribution >= 0.6 is 12.6 Å². The van der Waals surface area contributed by atoms with Crippen LogP contribution in [-0.2, 0) is 9.47 Å². The average Bonchev–Trinajstić information content (AvgIpc) is 2.00. The van der Waals surface area contributed by atoms with Crippen molar-refractivity contribution in [3.8, 4) is 0 Å². The van der Waals surface area contributed by atoms with Crippen molar-refractivity contribution < 1.29 is 9.47 Å². The smallest absolute Gasteiger partial charge is 0.159 e. The minimum absolute atomic E-state index is 0.0950. The lowest BCUT2D eigenvalue weighted by Crippen LogP contribution is -2.20. The summed E-state index contributed by atoms with van der Waals surface area (Å²) in [7, 11) is 0. The van der Waals surface area contributed by atoms with Gasteiger partial charge in [-0.05, 0) is 19.8 Å². The molecule has 0 saturated heterocycles. The molecule has 0 N–H and O–H groups in total. The van der Waals surface area contributed by atoms with E-state index in [1.54, 1.807) is 0 Å². The van der Waals surface area contributed by atoms with Gasteiger partial charge >= 0.3 is 0 Å². The minimum atomic E-state index is -0.154. The molecule has 0 fully saturated rings. The molecule has 0 spiro atoms. The lowest BCUT2D eigenvalue weighted by atomic mass is 10.3. The Balaban J connectivity index is 3.54. The van der Waals surface area contributed by atoms with Crippen molar-refractivity contribution in [1.82, 2.24) is 0 Å². The van der Waals surface area contributed by atoms with Crippen LogP contribution in [0.5, 0.6) is 0 Å². The number of hydrogen-bond acceptors (Lipinski definition) is 2. The van der Waals surface area contributed by atoms with Crippen molar-refractivity contribution in [2.24, 2.45) is 0 Å². The monoisotopic (exact) mass is 191 g/mol. The molecule has 0 heterocycles. The molecule has 0 bridgehead atoms. The maximum absolute atomic E-state index is 5.45. The van der Waals surface area contributed by atoms with E-state index in [4.69, 9.17) is 22.1 Å². The number of hydrogen-bond donors (Lipinski definition) is 0.